The number of aliphatic carboxylic acids is 1. The Morgan fingerprint density at radius 1 is 1.60 bits per heavy atom. The highest BCUT2D eigenvalue weighted by Crippen LogP contribution is 2.27. The van der Waals surface area contributed by atoms with Gasteiger partial charge in [-0.2, -0.15) is 0 Å². The lowest BCUT2D eigenvalue weighted by Gasteiger charge is -2.07. The Kier molecular flexibility index (Phi) is 3.91. The van der Waals surface area contributed by atoms with Crippen molar-refractivity contribution in [2.45, 2.75) is 6.92 Å². The van der Waals surface area contributed by atoms with Crippen molar-refractivity contribution >= 4 is 27.5 Å². The van der Waals surface area contributed by atoms with E-state index in [1.54, 1.807) is 18.2 Å². The molecule has 0 amide bonds. The minimum Gasteiger partial charge on any atom is -0.494 e. The van der Waals surface area contributed by atoms with Gasteiger partial charge in [0.25, 0.3) is 0 Å². The third kappa shape index (κ3) is 2.83. The minimum absolute atomic E-state index is 0.0601. The van der Waals surface area contributed by atoms with Gasteiger partial charge in [0.15, 0.2) is 0 Å². The van der Waals surface area contributed by atoms with E-state index in [-0.39, 0.29) is 5.57 Å². The number of halogens is 1. The molecule has 0 aliphatic carbocycles. The summed E-state index contributed by atoms with van der Waals surface area (Å²) in [6.45, 7) is 5.95. The monoisotopic (exact) mass is 270 g/mol. The molecule has 0 saturated heterocycles. The van der Waals surface area contributed by atoms with Gasteiger partial charge in [0.2, 0.25) is 0 Å². The summed E-state index contributed by atoms with van der Waals surface area (Å²) in [5.41, 5.74) is 0.621. The van der Waals surface area contributed by atoms with Crippen LogP contribution in [0.5, 0.6) is 5.75 Å². The maximum atomic E-state index is 10.7. The Bertz CT molecular complexity index is 399. The molecule has 0 aliphatic rings. The van der Waals surface area contributed by atoms with Gasteiger partial charge in [0.1, 0.15) is 5.75 Å². The SMILES string of the molecule is C=C(C(=O)O)c1ccc(OCC)cc1Br. The van der Waals surface area contributed by atoms with E-state index in [1.807, 2.05) is 6.92 Å². The summed E-state index contributed by atoms with van der Waals surface area (Å²) >= 11 is 3.28. The van der Waals surface area contributed by atoms with Crippen molar-refractivity contribution in [3.8, 4) is 5.75 Å². The fraction of sp³-hybridized carbons (Fsp3) is 0.182. The second-order valence-corrected chi connectivity index (χ2v) is 3.71. The number of hydrogen-bond acceptors (Lipinski definition) is 2. The fourth-order valence-electron chi connectivity index (χ4n) is 1.11. The molecule has 0 unspecified atom stereocenters. The van der Waals surface area contributed by atoms with Crippen LogP contribution in [0.15, 0.2) is 29.3 Å². The van der Waals surface area contributed by atoms with E-state index >= 15 is 0 Å². The molecule has 0 aliphatic heterocycles. The van der Waals surface area contributed by atoms with Crippen molar-refractivity contribution in [1.82, 2.24) is 0 Å². The molecular formula is C11H11BrO3. The maximum absolute atomic E-state index is 10.7. The number of carboxylic acid groups (broad SMARTS) is 1. The Morgan fingerprint density at radius 3 is 2.73 bits per heavy atom. The molecule has 4 heteroatoms. The van der Waals surface area contributed by atoms with Crippen LogP contribution in [0.1, 0.15) is 12.5 Å². The quantitative estimate of drug-likeness (QED) is 0.856. The molecule has 0 bridgehead atoms. The number of hydrogen-bond donors (Lipinski definition) is 1. The van der Waals surface area contributed by atoms with Crippen LogP contribution in [0.25, 0.3) is 5.57 Å². The largest absolute Gasteiger partial charge is 0.494 e. The van der Waals surface area contributed by atoms with Gasteiger partial charge >= 0.3 is 5.97 Å². The van der Waals surface area contributed by atoms with Crippen LogP contribution in [0, 0.1) is 0 Å². The molecular weight excluding hydrogens is 260 g/mol. The first-order chi connectivity index (χ1) is 7.06. The second kappa shape index (κ2) is 4.98. The van der Waals surface area contributed by atoms with Gasteiger partial charge in [-0.25, -0.2) is 4.79 Å². The number of carboxylic acids is 1. The number of ether oxygens (including phenoxy) is 1. The van der Waals surface area contributed by atoms with Gasteiger partial charge in [0, 0.05) is 10.0 Å². The summed E-state index contributed by atoms with van der Waals surface area (Å²) in [6, 6.07) is 5.12. The van der Waals surface area contributed by atoms with E-state index in [1.165, 1.54) is 0 Å². The summed E-state index contributed by atoms with van der Waals surface area (Å²) < 4.78 is 5.94. The highest BCUT2D eigenvalue weighted by atomic mass is 79.9. The Balaban J connectivity index is 3.03. The Hall–Kier alpha value is -1.29. The van der Waals surface area contributed by atoms with E-state index in [0.717, 1.165) is 0 Å². The molecule has 1 rings (SSSR count). The van der Waals surface area contributed by atoms with Gasteiger partial charge in [-0.05, 0) is 25.1 Å². The fourth-order valence-corrected chi connectivity index (χ4v) is 1.71. The first-order valence-electron chi connectivity index (χ1n) is 4.41. The summed E-state index contributed by atoms with van der Waals surface area (Å²) in [5, 5.41) is 8.78. The van der Waals surface area contributed by atoms with Crippen LogP contribution in [0.3, 0.4) is 0 Å². The zero-order valence-corrected chi connectivity index (χ0v) is 9.87. The van der Waals surface area contributed by atoms with E-state index < -0.39 is 5.97 Å². The summed E-state index contributed by atoms with van der Waals surface area (Å²) in [4.78, 5) is 10.7. The van der Waals surface area contributed by atoms with Crippen LogP contribution in [-0.4, -0.2) is 17.7 Å². The average Bonchev–Trinajstić information content (AvgIpc) is 2.17. The minimum atomic E-state index is -1.03. The maximum Gasteiger partial charge on any atom is 0.335 e. The van der Waals surface area contributed by atoms with E-state index in [9.17, 15) is 4.79 Å². The van der Waals surface area contributed by atoms with Crippen molar-refractivity contribution in [1.29, 1.82) is 0 Å². The molecule has 0 spiro atoms. The van der Waals surface area contributed by atoms with Crippen molar-refractivity contribution in [3.05, 3.63) is 34.8 Å². The molecule has 0 fully saturated rings. The Morgan fingerprint density at radius 2 is 2.27 bits per heavy atom. The molecule has 15 heavy (non-hydrogen) atoms. The average molecular weight is 271 g/mol. The van der Waals surface area contributed by atoms with Crippen molar-refractivity contribution in [2.24, 2.45) is 0 Å². The zero-order chi connectivity index (χ0) is 11.4. The van der Waals surface area contributed by atoms with Crippen molar-refractivity contribution in [3.63, 3.8) is 0 Å². The molecule has 0 heterocycles. The predicted molar refractivity (Wildman–Crippen MR) is 62.0 cm³/mol. The third-order valence-corrected chi connectivity index (χ3v) is 2.49. The third-order valence-electron chi connectivity index (χ3n) is 1.83. The standard InChI is InChI=1S/C11H11BrO3/c1-3-15-8-4-5-9(10(12)6-8)7(2)11(13)14/h4-6H,2-3H2,1H3,(H,13,14). The van der Waals surface area contributed by atoms with Crippen LogP contribution in [0.4, 0.5) is 0 Å². The molecule has 0 aromatic heterocycles. The lowest BCUT2D eigenvalue weighted by Crippen LogP contribution is -1.99. The molecule has 1 aromatic rings. The van der Waals surface area contributed by atoms with Crippen molar-refractivity contribution < 1.29 is 14.6 Å². The van der Waals surface area contributed by atoms with Crippen LogP contribution in [-0.2, 0) is 4.79 Å². The summed E-state index contributed by atoms with van der Waals surface area (Å²) in [7, 11) is 0. The molecule has 80 valence electrons. The first-order valence-corrected chi connectivity index (χ1v) is 5.20. The Labute approximate surface area is 96.5 Å². The lowest BCUT2D eigenvalue weighted by atomic mass is 10.1. The number of benzene rings is 1. The molecule has 0 saturated carbocycles. The van der Waals surface area contributed by atoms with Crippen LogP contribution < -0.4 is 4.74 Å². The molecule has 1 aromatic carbocycles. The van der Waals surface area contributed by atoms with Gasteiger partial charge < -0.3 is 9.84 Å². The lowest BCUT2D eigenvalue weighted by molar-refractivity contribution is -0.130. The van der Waals surface area contributed by atoms with Crippen LogP contribution >= 0.6 is 15.9 Å². The van der Waals surface area contributed by atoms with Gasteiger partial charge in [-0.15, -0.1) is 0 Å². The van der Waals surface area contributed by atoms with Gasteiger partial charge in [0.05, 0.1) is 12.2 Å². The van der Waals surface area contributed by atoms with E-state index in [0.29, 0.717) is 22.4 Å². The highest BCUT2D eigenvalue weighted by Gasteiger charge is 2.11. The first kappa shape index (κ1) is 11.8. The zero-order valence-electron chi connectivity index (χ0n) is 8.29. The van der Waals surface area contributed by atoms with Crippen molar-refractivity contribution in [2.75, 3.05) is 6.61 Å². The topological polar surface area (TPSA) is 46.5 Å². The van der Waals surface area contributed by atoms with E-state index in [2.05, 4.69) is 22.5 Å². The number of carbonyl (C=O) groups is 1. The van der Waals surface area contributed by atoms with Gasteiger partial charge in [-0.1, -0.05) is 22.5 Å². The smallest absolute Gasteiger partial charge is 0.335 e. The summed E-state index contributed by atoms with van der Waals surface area (Å²) in [6.07, 6.45) is 0. The highest BCUT2D eigenvalue weighted by molar-refractivity contribution is 9.10. The van der Waals surface area contributed by atoms with Gasteiger partial charge in [-0.3, -0.25) is 0 Å². The molecule has 0 radical (unpaired) electrons. The molecule has 0 atom stereocenters. The summed E-state index contributed by atoms with van der Waals surface area (Å²) in [5.74, 6) is -0.328. The van der Waals surface area contributed by atoms with Crippen LogP contribution in [0.2, 0.25) is 0 Å². The number of rotatable bonds is 4. The normalized spacial score (nSPS) is 9.73. The predicted octanol–water partition coefficient (Wildman–Crippen LogP) is 2.95. The van der Waals surface area contributed by atoms with E-state index in [4.69, 9.17) is 9.84 Å². The molecule has 3 nitrogen and oxygen atoms in total. The second-order valence-electron chi connectivity index (χ2n) is 2.86. The molecule has 1 N–H and O–H groups in total.